The first-order valence-corrected chi connectivity index (χ1v) is 18.2. The predicted molar refractivity (Wildman–Crippen MR) is 224 cm³/mol. The first-order chi connectivity index (χ1) is 26.2. The second-order valence-corrected chi connectivity index (χ2v) is 13.8. The number of hydrogen-bond donors (Lipinski definition) is 0. The lowest BCUT2D eigenvalue weighted by atomic mass is 9.97. The van der Waals surface area contributed by atoms with Crippen molar-refractivity contribution in [3.63, 3.8) is 0 Å². The summed E-state index contributed by atoms with van der Waals surface area (Å²) in [7, 11) is 0. The van der Waals surface area contributed by atoms with Gasteiger partial charge < -0.3 is 9.32 Å². The van der Waals surface area contributed by atoms with Gasteiger partial charge in [0.1, 0.15) is 11.3 Å². The van der Waals surface area contributed by atoms with Crippen LogP contribution in [0, 0.1) is 6.92 Å². The molecular weight excluding hydrogens is 643 g/mol. The van der Waals surface area contributed by atoms with Crippen LogP contribution in [0.3, 0.4) is 0 Å². The van der Waals surface area contributed by atoms with E-state index in [-0.39, 0.29) is 0 Å². The zero-order valence-electron chi connectivity index (χ0n) is 29.3. The molecule has 0 unspecified atom stereocenters. The number of anilines is 3. The third kappa shape index (κ3) is 5.44. The number of aryl methyl sites for hydroxylation is 1. The molecule has 0 aliphatic rings. The number of hydrogen-bond acceptors (Lipinski definition) is 2. The minimum absolute atomic E-state index is 0.918. The van der Waals surface area contributed by atoms with E-state index in [0.717, 1.165) is 56.0 Å². The van der Waals surface area contributed by atoms with Gasteiger partial charge in [0, 0.05) is 33.3 Å². The molecule has 2 heteroatoms. The summed E-state index contributed by atoms with van der Waals surface area (Å²) in [5.74, 6) is 0.922. The lowest BCUT2D eigenvalue weighted by Gasteiger charge is -2.28. The van der Waals surface area contributed by atoms with Crippen LogP contribution in [-0.4, -0.2) is 0 Å². The summed E-state index contributed by atoms with van der Waals surface area (Å²) in [6.45, 7) is 2.14. The molecule has 0 N–H and O–H groups in total. The Kier molecular flexibility index (Phi) is 7.40. The highest BCUT2D eigenvalue weighted by Crippen LogP contribution is 2.43. The number of fused-ring (bicyclic) bond motifs is 5. The van der Waals surface area contributed by atoms with Gasteiger partial charge in [-0.1, -0.05) is 146 Å². The van der Waals surface area contributed by atoms with Crippen LogP contribution in [0.2, 0.25) is 0 Å². The van der Waals surface area contributed by atoms with E-state index < -0.39 is 0 Å². The molecule has 1 heterocycles. The molecule has 1 aromatic heterocycles. The molecule has 2 nitrogen and oxygen atoms in total. The Morgan fingerprint density at radius 2 is 0.906 bits per heavy atom. The van der Waals surface area contributed by atoms with Crippen molar-refractivity contribution in [2.45, 2.75) is 6.92 Å². The topological polar surface area (TPSA) is 16.4 Å². The van der Waals surface area contributed by atoms with Crippen LogP contribution in [0.5, 0.6) is 0 Å². The highest BCUT2D eigenvalue weighted by atomic mass is 16.3. The van der Waals surface area contributed by atoms with Crippen molar-refractivity contribution in [1.29, 1.82) is 0 Å². The van der Waals surface area contributed by atoms with Gasteiger partial charge in [-0.05, 0) is 105 Å². The second-order valence-electron chi connectivity index (χ2n) is 13.8. The maximum absolute atomic E-state index is 6.34. The molecule has 250 valence electrons. The number of para-hydroxylation sites is 1. The average molecular weight is 678 g/mol. The molecule has 9 aromatic carbocycles. The zero-order valence-corrected chi connectivity index (χ0v) is 29.3. The molecule has 0 spiro atoms. The van der Waals surface area contributed by atoms with Crippen LogP contribution in [-0.2, 0) is 0 Å². The molecule has 0 bridgehead atoms. The fraction of sp³-hybridized carbons (Fsp3) is 0.0196. The molecule has 53 heavy (non-hydrogen) atoms. The fourth-order valence-electron chi connectivity index (χ4n) is 7.91. The summed E-state index contributed by atoms with van der Waals surface area (Å²) in [5, 5.41) is 8.58. The van der Waals surface area contributed by atoms with Gasteiger partial charge in [-0.2, -0.15) is 0 Å². The summed E-state index contributed by atoms with van der Waals surface area (Å²) in [6, 6.07) is 69.9. The molecule has 0 aliphatic heterocycles. The van der Waals surface area contributed by atoms with Gasteiger partial charge in [0.05, 0.1) is 5.69 Å². The highest BCUT2D eigenvalue weighted by Gasteiger charge is 2.18. The molecule has 10 aromatic rings. The maximum atomic E-state index is 6.34. The van der Waals surface area contributed by atoms with Gasteiger partial charge in [-0.15, -0.1) is 0 Å². The molecule has 0 aliphatic carbocycles. The lowest BCUT2D eigenvalue weighted by molar-refractivity contribution is 0.629. The molecule has 0 fully saturated rings. The van der Waals surface area contributed by atoms with Crippen molar-refractivity contribution in [3.05, 3.63) is 200 Å². The average Bonchev–Trinajstić information content (AvgIpc) is 3.57. The van der Waals surface area contributed by atoms with E-state index in [4.69, 9.17) is 4.42 Å². The molecule has 0 saturated carbocycles. The van der Waals surface area contributed by atoms with Crippen molar-refractivity contribution in [1.82, 2.24) is 0 Å². The monoisotopic (exact) mass is 677 g/mol. The third-order valence-corrected chi connectivity index (χ3v) is 10.6. The summed E-state index contributed by atoms with van der Waals surface area (Å²) in [4.78, 5) is 2.40. The first kappa shape index (κ1) is 30.9. The van der Waals surface area contributed by atoms with E-state index in [2.05, 4.69) is 194 Å². The minimum Gasteiger partial charge on any atom is -0.456 e. The molecule has 0 saturated heterocycles. The van der Waals surface area contributed by atoms with Crippen LogP contribution in [0.4, 0.5) is 17.1 Å². The number of nitrogens with zero attached hydrogens (tertiary/aromatic N) is 1. The standard InChI is InChI=1S/C51H35NO/c1-34-45-16-8-9-20-50(45)53-51(34)42-15-10-14-39(32-42)36-23-27-43(28-24-36)52(49-33-41-13-4-5-17-46(41)47-18-6-7-19-48(47)49)44-29-25-37(26-30-44)40-22-21-35-11-2-3-12-38(35)31-40/h2-33H,1H3. The van der Waals surface area contributed by atoms with Gasteiger partial charge in [0.15, 0.2) is 0 Å². The summed E-state index contributed by atoms with van der Waals surface area (Å²) < 4.78 is 6.34. The van der Waals surface area contributed by atoms with E-state index in [0.29, 0.717) is 0 Å². The van der Waals surface area contributed by atoms with Crippen molar-refractivity contribution >= 4 is 60.3 Å². The van der Waals surface area contributed by atoms with Crippen LogP contribution < -0.4 is 4.90 Å². The van der Waals surface area contributed by atoms with Gasteiger partial charge in [0.25, 0.3) is 0 Å². The van der Waals surface area contributed by atoms with Crippen molar-refractivity contribution < 1.29 is 4.42 Å². The second kappa shape index (κ2) is 12.7. The Hall–Kier alpha value is -6.90. The Bertz CT molecular complexity index is 2950. The minimum atomic E-state index is 0.918. The SMILES string of the molecule is Cc1c(-c2cccc(-c3ccc(N(c4ccc(-c5ccc6ccccc6c5)cc4)c4cc5ccccc5c5ccccc45)cc3)c2)oc2ccccc12. The lowest BCUT2D eigenvalue weighted by Crippen LogP contribution is -2.10. The van der Waals surface area contributed by atoms with Crippen molar-refractivity contribution in [3.8, 4) is 33.6 Å². The predicted octanol–water partition coefficient (Wildman–Crippen LogP) is 14.7. The molecule has 10 rings (SSSR count). The molecule has 0 radical (unpaired) electrons. The van der Waals surface area contributed by atoms with Gasteiger partial charge in [0.2, 0.25) is 0 Å². The largest absolute Gasteiger partial charge is 0.456 e. The fourth-order valence-corrected chi connectivity index (χ4v) is 7.91. The van der Waals surface area contributed by atoms with E-state index in [9.17, 15) is 0 Å². The van der Waals surface area contributed by atoms with E-state index in [1.165, 1.54) is 43.4 Å². The normalized spacial score (nSPS) is 11.5. The highest BCUT2D eigenvalue weighted by molar-refractivity contribution is 6.14. The van der Waals surface area contributed by atoms with Crippen LogP contribution >= 0.6 is 0 Å². The third-order valence-electron chi connectivity index (χ3n) is 10.6. The zero-order chi connectivity index (χ0) is 35.3. The Labute approximate surface area is 308 Å². The molecular formula is C51H35NO. The first-order valence-electron chi connectivity index (χ1n) is 18.2. The van der Waals surface area contributed by atoms with Crippen molar-refractivity contribution in [2.75, 3.05) is 4.90 Å². The quantitative estimate of drug-likeness (QED) is 0.163. The van der Waals surface area contributed by atoms with Gasteiger partial charge in [-0.25, -0.2) is 0 Å². The van der Waals surface area contributed by atoms with Gasteiger partial charge in [-0.3, -0.25) is 0 Å². The number of rotatable bonds is 6. The summed E-state index contributed by atoms with van der Waals surface area (Å²) in [5.41, 5.74) is 11.2. The Morgan fingerprint density at radius 3 is 1.62 bits per heavy atom. The smallest absolute Gasteiger partial charge is 0.138 e. The summed E-state index contributed by atoms with van der Waals surface area (Å²) in [6.07, 6.45) is 0. The van der Waals surface area contributed by atoms with Crippen LogP contribution in [0.1, 0.15) is 5.56 Å². The van der Waals surface area contributed by atoms with E-state index in [1.807, 2.05) is 12.1 Å². The molecule has 0 atom stereocenters. The van der Waals surface area contributed by atoms with Crippen LogP contribution in [0.15, 0.2) is 199 Å². The number of furan rings is 1. The number of benzene rings is 9. The van der Waals surface area contributed by atoms with Gasteiger partial charge >= 0.3 is 0 Å². The van der Waals surface area contributed by atoms with E-state index >= 15 is 0 Å². The Balaban J connectivity index is 1.08. The van der Waals surface area contributed by atoms with E-state index in [1.54, 1.807) is 0 Å². The van der Waals surface area contributed by atoms with Crippen LogP contribution in [0.25, 0.3) is 76.9 Å². The Morgan fingerprint density at radius 1 is 0.358 bits per heavy atom. The van der Waals surface area contributed by atoms with Crippen molar-refractivity contribution in [2.24, 2.45) is 0 Å². The molecule has 0 amide bonds. The summed E-state index contributed by atoms with van der Waals surface area (Å²) >= 11 is 0. The maximum Gasteiger partial charge on any atom is 0.138 e.